The average Bonchev–Trinajstić information content (AvgIpc) is 2.82. The minimum absolute atomic E-state index is 0.00566. The van der Waals surface area contributed by atoms with E-state index in [0.29, 0.717) is 6.54 Å². The molecule has 0 aliphatic carbocycles. The van der Waals surface area contributed by atoms with Crippen LogP contribution >= 0.6 is 0 Å². The molecule has 0 saturated carbocycles. The first kappa shape index (κ1) is 10.1. The molecule has 0 radical (unpaired) electrons. The Hall–Kier alpha value is -2.10. The van der Waals surface area contributed by atoms with Gasteiger partial charge in [-0.15, -0.1) is 0 Å². The van der Waals surface area contributed by atoms with Gasteiger partial charge >= 0.3 is 0 Å². The lowest BCUT2D eigenvalue weighted by Crippen LogP contribution is -2.24. The predicted octanol–water partition coefficient (Wildman–Crippen LogP) is 1.47. The van der Waals surface area contributed by atoms with E-state index in [2.05, 4.69) is 4.98 Å². The number of rotatable bonds is 2. The van der Waals surface area contributed by atoms with Crippen LogP contribution in [0.25, 0.3) is 10.9 Å². The van der Waals surface area contributed by atoms with E-state index < -0.39 is 0 Å². The first-order valence-corrected chi connectivity index (χ1v) is 5.58. The zero-order valence-corrected chi connectivity index (χ0v) is 9.27. The number of hydrogen-bond donors (Lipinski definition) is 1. The Morgan fingerprint density at radius 1 is 1.24 bits per heavy atom. The van der Waals surface area contributed by atoms with E-state index in [4.69, 9.17) is 0 Å². The molecule has 0 bridgehead atoms. The maximum absolute atomic E-state index is 11.5. The number of Topliss-reactive ketones (excluding diaryl/α,β-unsaturated/α-hetero) is 1. The normalized spacial score (nSPS) is 16.1. The van der Waals surface area contributed by atoms with Crippen molar-refractivity contribution in [2.45, 2.75) is 13.0 Å². The molecule has 86 valence electrons. The number of ketones is 1. The van der Waals surface area contributed by atoms with Crippen LogP contribution < -0.4 is 0 Å². The third-order valence-corrected chi connectivity index (χ3v) is 3.02. The van der Waals surface area contributed by atoms with Crippen LogP contribution in [-0.2, 0) is 16.1 Å². The van der Waals surface area contributed by atoms with Crippen molar-refractivity contribution in [1.82, 2.24) is 9.88 Å². The number of fused-ring (bicyclic) bond motifs is 1. The lowest BCUT2D eigenvalue weighted by Gasteiger charge is -2.12. The van der Waals surface area contributed by atoms with Crippen LogP contribution in [0.2, 0.25) is 0 Å². The summed E-state index contributed by atoms with van der Waals surface area (Å²) in [6.45, 7) is 0.730. The van der Waals surface area contributed by atoms with Gasteiger partial charge in [0.05, 0.1) is 19.5 Å². The van der Waals surface area contributed by atoms with Crippen LogP contribution in [0, 0.1) is 0 Å². The molecule has 3 rings (SSSR count). The maximum atomic E-state index is 11.5. The molecule has 1 saturated heterocycles. The van der Waals surface area contributed by atoms with Gasteiger partial charge in [-0.25, -0.2) is 0 Å². The molecule has 1 N–H and O–H groups in total. The molecule has 1 aromatic carbocycles. The summed E-state index contributed by atoms with van der Waals surface area (Å²) in [7, 11) is 0. The number of nitrogens with one attached hydrogen (secondary N) is 1. The fourth-order valence-electron chi connectivity index (χ4n) is 2.21. The van der Waals surface area contributed by atoms with E-state index >= 15 is 0 Å². The Kier molecular flexibility index (Phi) is 2.21. The molecule has 0 unspecified atom stereocenters. The second-order valence-corrected chi connectivity index (χ2v) is 4.35. The summed E-state index contributed by atoms with van der Waals surface area (Å²) in [5.74, 6) is -0.0697. The largest absolute Gasteiger partial charge is 0.357 e. The van der Waals surface area contributed by atoms with Gasteiger partial charge in [0.1, 0.15) is 0 Å². The number of benzene rings is 1. The molecule has 17 heavy (non-hydrogen) atoms. The van der Waals surface area contributed by atoms with Gasteiger partial charge in [-0.1, -0.05) is 18.2 Å². The van der Waals surface area contributed by atoms with Crippen molar-refractivity contribution in [3.05, 3.63) is 36.0 Å². The van der Waals surface area contributed by atoms with Crippen LogP contribution in [0.15, 0.2) is 30.3 Å². The zero-order valence-electron chi connectivity index (χ0n) is 9.27. The fourth-order valence-corrected chi connectivity index (χ4v) is 2.21. The Labute approximate surface area is 98.2 Å². The van der Waals surface area contributed by atoms with Crippen LogP contribution in [-0.4, -0.2) is 28.1 Å². The van der Waals surface area contributed by atoms with Gasteiger partial charge in [0, 0.05) is 11.2 Å². The molecule has 4 heteroatoms. The number of hydrogen-bond acceptors (Lipinski definition) is 2. The van der Waals surface area contributed by atoms with Crippen molar-refractivity contribution >= 4 is 22.6 Å². The van der Waals surface area contributed by atoms with Crippen molar-refractivity contribution in [2.75, 3.05) is 6.54 Å². The lowest BCUT2D eigenvalue weighted by molar-refractivity contribution is -0.128. The number of aromatic nitrogens is 1. The second kappa shape index (κ2) is 3.73. The molecule has 2 heterocycles. The highest BCUT2D eigenvalue weighted by molar-refractivity contribution is 6.05. The number of carbonyl (C=O) groups is 2. The third-order valence-electron chi connectivity index (χ3n) is 3.02. The number of likely N-dealkylation sites (tertiary alicyclic amines) is 1. The number of amides is 1. The molecule has 1 aliphatic rings. The third kappa shape index (κ3) is 1.82. The molecule has 0 atom stereocenters. The summed E-state index contributed by atoms with van der Waals surface area (Å²) in [6.07, 6.45) is 0.0558. The highest BCUT2D eigenvalue weighted by atomic mass is 16.2. The van der Waals surface area contributed by atoms with E-state index in [1.54, 1.807) is 4.90 Å². The van der Waals surface area contributed by atoms with E-state index in [-0.39, 0.29) is 24.7 Å². The Morgan fingerprint density at radius 2 is 2.06 bits per heavy atom. The van der Waals surface area contributed by atoms with Crippen LogP contribution in [0.5, 0.6) is 0 Å². The first-order valence-electron chi connectivity index (χ1n) is 5.58. The van der Waals surface area contributed by atoms with E-state index in [0.717, 1.165) is 16.6 Å². The number of H-pyrrole nitrogens is 1. The van der Waals surface area contributed by atoms with Crippen LogP contribution in [0.4, 0.5) is 0 Å². The van der Waals surface area contributed by atoms with Gasteiger partial charge in [-0.05, 0) is 17.5 Å². The summed E-state index contributed by atoms with van der Waals surface area (Å²) in [5, 5.41) is 1.13. The van der Waals surface area contributed by atoms with Crippen molar-refractivity contribution in [2.24, 2.45) is 0 Å². The second-order valence-electron chi connectivity index (χ2n) is 4.35. The standard InChI is InChI=1S/C13H12N2O2/c16-11-6-13(17)15(8-11)7-10-5-9-3-1-2-4-12(9)14-10/h1-5,14H,6-8H2. The SMILES string of the molecule is O=C1CC(=O)N(Cc2cc3ccccc3[nH]2)C1. The van der Waals surface area contributed by atoms with E-state index in [1.165, 1.54) is 0 Å². The Morgan fingerprint density at radius 3 is 2.76 bits per heavy atom. The average molecular weight is 228 g/mol. The topological polar surface area (TPSA) is 53.2 Å². The van der Waals surface area contributed by atoms with Gasteiger partial charge in [0.15, 0.2) is 5.78 Å². The smallest absolute Gasteiger partial charge is 0.230 e. The molecular weight excluding hydrogens is 216 g/mol. The van der Waals surface area contributed by atoms with Gasteiger partial charge in [-0.3, -0.25) is 9.59 Å². The molecule has 4 nitrogen and oxygen atoms in total. The molecule has 1 aromatic heterocycles. The molecule has 0 spiro atoms. The summed E-state index contributed by atoms with van der Waals surface area (Å²) in [6, 6.07) is 9.98. The minimum Gasteiger partial charge on any atom is -0.357 e. The number of para-hydroxylation sites is 1. The molecular formula is C13H12N2O2. The first-order chi connectivity index (χ1) is 8.22. The highest BCUT2D eigenvalue weighted by Crippen LogP contribution is 2.17. The molecule has 1 aliphatic heterocycles. The lowest BCUT2D eigenvalue weighted by atomic mass is 10.2. The van der Waals surface area contributed by atoms with Crippen molar-refractivity contribution in [3.63, 3.8) is 0 Å². The van der Waals surface area contributed by atoms with E-state index in [9.17, 15) is 9.59 Å². The van der Waals surface area contributed by atoms with Crippen molar-refractivity contribution < 1.29 is 9.59 Å². The quantitative estimate of drug-likeness (QED) is 0.791. The van der Waals surface area contributed by atoms with Crippen molar-refractivity contribution in [1.29, 1.82) is 0 Å². The zero-order chi connectivity index (χ0) is 11.8. The highest BCUT2D eigenvalue weighted by Gasteiger charge is 2.27. The number of carbonyl (C=O) groups excluding carboxylic acids is 2. The summed E-state index contributed by atoms with van der Waals surface area (Å²) in [5.41, 5.74) is 2.02. The van der Waals surface area contributed by atoms with Gasteiger partial charge in [0.25, 0.3) is 0 Å². The van der Waals surface area contributed by atoms with Crippen molar-refractivity contribution in [3.8, 4) is 0 Å². The summed E-state index contributed by atoms with van der Waals surface area (Å²) < 4.78 is 0. The van der Waals surface area contributed by atoms with Crippen LogP contribution in [0.3, 0.4) is 0 Å². The Balaban J connectivity index is 1.85. The molecule has 2 aromatic rings. The summed E-state index contributed by atoms with van der Waals surface area (Å²) in [4.78, 5) is 27.5. The Bertz CT molecular complexity index is 567. The number of nitrogens with zero attached hydrogens (tertiary/aromatic N) is 1. The van der Waals surface area contributed by atoms with Gasteiger partial charge in [-0.2, -0.15) is 0 Å². The summed E-state index contributed by atoms with van der Waals surface area (Å²) >= 11 is 0. The number of aromatic amines is 1. The van der Waals surface area contributed by atoms with Gasteiger partial charge < -0.3 is 9.88 Å². The molecule has 1 fully saturated rings. The maximum Gasteiger partial charge on any atom is 0.230 e. The minimum atomic E-state index is -0.0753. The fraction of sp³-hybridized carbons (Fsp3) is 0.231. The molecule has 1 amide bonds. The van der Waals surface area contributed by atoms with E-state index in [1.807, 2.05) is 30.3 Å². The monoisotopic (exact) mass is 228 g/mol. The predicted molar refractivity (Wildman–Crippen MR) is 63.3 cm³/mol. The van der Waals surface area contributed by atoms with Gasteiger partial charge in [0.2, 0.25) is 5.91 Å². The van der Waals surface area contributed by atoms with Crippen LogP contribution in [0.1, 0.15) is 12.1 Å².